The highest BCUT2D eigenvalue weighted by Crippen LogP contribution is 2.16. The van der Waals surface area contributed by atoms with Crippen molar-refractivity contribution >= 4 is 0 Å². The fraction of sp³-hybridized carbons (Fsp3) is 0.905. The average Bonchev–Trinajstić information content (AvgIpc) is 3.11. The van der Waals surface area contributed by atoms with E-state index in [9.17, 15) is 0 Å². The Balaban J connectivity index is 3.99. The number of methoxy groups -OCH3 is 2. The van der Waals surface area contributed by atoms with Crippen LogP contribution in [0.3, 0.4) is 0 Å². The van der Waals surface area contributed by atoms with Gasteiger partial charge in [-0.2, -0.15) is 0 Å². The quantitative estimate of drug-likeness (QED) is 0.0358. The van der Waals surface area contributed by atoms with Gasteiger partial charge in [0.05, 0.1) is 0 Å². The molecule has 49 heavy (non-hydrogen) atoms. The lowest BCUT2D eigenvalue weighted by Gasteiger charge is -2.18. The second-order valence-electron chi connectivity index (χ2n) is 13.4. The van der Waals surface area contributed by atoms with E-state index in [1.807, 2.05) is 12.2 Å². The van der Waals surface area contributed by atoms with E-state index in [0.29, 0.717) is 0 Å². The van der Waals surface area contributed by atoms with E-state index in [4.69, 9.17) is 33.2 Å². The minimum absolute atomic E-state index is 0.0197. The maximum Gasteiger partial charge on any atom is 0.179 e. The van der Waals surface area contributed by atoms with E-state index >= 15 is 0 Å². The lowest BCUT2D eigenvalue weighted by Crippen LogP contribution is -2.22. The van der Waals surface area contributed by atoms with Crippen LogP contribution < -0.4 is 0 Å². The van der Waals surface area contributed by atoms with Crippen molar-refractivity contribution in [3.63, 3.8) is 0 Å². The van der Waals surface area contributed by atoms with Crippen LogP contribution in [0.5, 0.6) is 0 Å². The second-order valence-corrected chi connectivity index (χ2v) is 13.4. The van der Waals surface area contributed by atoms with Gasteiger partial charge in [-0.3, -0.25) is 0 Å². The van der Waals surface area contributed by atoms with Crippen LogP contribution >= 0.6 is 0 Å². The molecule has 292 valence electrons. The predicted molar refractivity (Wildman–Crippen MR) is 206 cm³/mol. The van der Waals surface area contributed by atoms with Crippen molar-refractivity contribution < 1.29 is 33.2 Å². The zero-order chi connectivity index (χ0) is 35.9. The summed E-state index contributed by atoms with van der Waals surface area (Å²) in [4.78, 5) is 0. The first-order valence-electron chi connectivity index (χ1n) is 20.7. The molecular formula is C42H82O7. The largest absolute Gasteiger partial charge is 0.353 e. The van der Waals surface area contributed by atoms with Gasteiger partial charge in [-0.15, -0.1) is 0 Å². The molecular weight excluding hydrogens is 616 g/mol. The van der Waals surface area contributed by atoms with Crippen LogP contribution in [-0.4, -0.2) is 65.8 Å². The van der Waals surface area contributed by atoms with Gasteiger partial charge < -0.3 is 33.2 Å². The molecule has 0 rings (SSSR count). The number of allylic oxidation sites excluding steroid dienone is 2. The molecule has 2 atom stereocenters. The molecule has 0 saturated carbocycles. The molecule has 0 aromatic carbocycles. The fourth-order valence-corrected chi connectivity index (χ4v) is 5.33. The lowest BCUT2D eigenvalue weighted by atomic mass is 10.1. The number of ether oxygens (including phenoxy) is 7. The summed E-state index contributed by atoms with van der Waals surface area (Å²) in [5.74, 6) is 0. The van der Waals surface area contributed by atoms with Crippen molar-refractivity contribution in [2.75, 3.05) is 40.6 Å². The zero-order valence-electron chi connectivity index (χ0n) is 33.3. The van der Waals surface area contributed by atoms with E-state index in [-0.39, 0.29) is 12.6 Å². The van der Waals surface area contributed by atoms with Crippen molar-refractivity contribution in [2.45, 2.75) is 207 Å². The van der Waals surface area contributed by atoms with E-state index < -0.39 is 12.6 Å². The Morgan fingerprint density at radius 1 is 0.388 bits per heavy atom. The van der Waals surface area contributed by atoms with Crippen molar-refractivity contribution in [3.8, 4) is 0 Å². The third kappa shape index (κ3) is 34.1. The summed E-state index contributed by atoms with van der Waals surface area (Å²) < 4.78 is 40.9. The number of hydrogen-bond acceptors (Lipinski definition) is 7. The van der Waals surface area contributed by atoms with E-state index in [1.54, 1.807) is 14.2 Å². The molecule has 7 nitrogen and oxygen atoms in total. The highest BCUT2D eigenvalue weighted by Gasteiger charge is 2.11. The van der Waals surface area contributed by atoms with Gasteiger partial charge in [-0.05, 0) is 89.2 Å². The summed E-state index contributed by atoms with van der Waals surface area (Å²) in [7, 11) is 3.36. The molecule has 7 heteroatoms. The molecule has 0 heterocycles. The number of rotatable bonds is 40. The summed E-state index contributed by atoms with van der Waals surface area (Å²) in [6.45, 7) is 12.0. The zero-order valence-corrected chi connectivity index (χ0v) is 33.3. The highest BCUT2D eigenvalue weighted by molar-refractivity contribution is 4.89. The van der Waals surface area contributed by atoms with Gasteiger partial charge in [-0.1, -0.05) is 117 Å². The number of hydrogen-bond donors (Lipinski definition) is 0. The van der Waals surface area contributed by atoms with Crippen molar-refractivity contribution in [2.24, 2.45) is 0 Å². The summed E-state index contributed by atoms with van der Waals surface area (Å²) in [5, 5.41) is 0. The van der Waals surface area contributed by atoms with Crippen LogP contribution in [0.25, 0.3) is 0 Å². The molecule has 2 unspecified atom stereocenters. The summed E-state index contributed by atoms with van der Waals surface area (Å²) in [6.07, 6.45) is 35.5. The maximum atomic E-state index is 6.00. The van der Waals surface area contributed by atoms with Crippen molar-refractivity contribution in [1.29, 1.82) is 0 Å². The third-order valence-corrected chi connectivity index (χ3v) is 8.65. The molecule has 0 aliphatic rings. The van der Waals surface area contributed by atoms with Gasteiger partial charge in [0.15, 0.2) is 25.2 Å². The summed E-state index contributed by atoms with van der Waals surface area (Å²) in [6, 6.07) is 0. The lowest BCUT2D eigenvalue weighted by molar-refractivity contribution is -0.188. The number of unbranched alkanes of at least 4 members (excludes halogenated alkanes) is 16. The van der Waals surface area contributed by atoms with Gasteiger partial charge in [-0.25, -0.2) is 0 Å². The van der Waals surface area contributed by atoms with Crippen LogP contribution in [0.2, 0.25) is 0 Å². The maximum absolute atomic E-state index is 6.00. The highest BCUT2D eigenvalue weighted by atomic mass is 16.8. The van der Waals surface area contributed by atoms with E-state index in [1.165, 1.54) is 77.0 Å². The van der Waals surface area contributed by atoms with E-state index in [2.05, 4.69) is 39.8 Å². The van der Waals surface area contributed by atoms with Gasteiger partial charge in [0.2, 0.25) is 0 Å². The normalized spacial score (nSPS) is 13.6. The molecule has 0 aromatic heterocycles. The molecule has 0 aromatic rings. The predicted octanol–water partition coefficient (Wildman–Crippen LogP) is 12.2. The van der Waals surface area contributed by atoms with Gasteiger partial charge in [0.25, 0.3) is 0 Å². The molecule has 0 N–H and O–H groups in total. The molecule has 0 radical (unpaired) electrons. The Hall–Kier alpha value is -0.800. The first kappa shape index (κ1) is 48.2. The Labute approximate surface area is 304 Å². The van der Waals surface area contributed by atoms with Crippen LogP contribution in [0.15, 0.2) is 24.3 Å². The monoisotopic (exact) mass is 699 g/mol. The topological polar surface area (TPSA) is 64.6 Å². The molecule has 0 fully saturated rings. The Morgan fingerprint density at radius 2 is 0.694 bits per heavy atom. The summed E-state index contributed by atoms with van der Waals surface area (Å²) in [5.41, 5.74) is 0. The van der Waals surface area contributed by atoms with Crippen LogP contribution in [0.1, 0.15) is 182 Å². The third-order valence-electron chi connectivity index (χ3n) is 8.65. The molecule has 0 spiro atoms. The minimum Gasteiger partial charge on any atom is -0.353 e. The van der Waals surface area contributed by atoms with Crippen LogP contribution in [-0.2, 0) is 33.2 Å². The van der Waals surface area contributed by atoms with Gasteiger partial charge >= 0.3 is 0 Å². The van der Waals surface area contributed by atoms with Gasteiger partial charge in [0.1, 0.15) is 0 Å². The molecule has 0 amide bonds. The SMILES string of the molecule is CCCCOC(CCCCCCCCC=CC(OC)OC(C=CCCCCCCCCC(OCCCC)OCCCC)OC)OCCCC. The van der Waals surface area contributed by atoms with Crippen molar-refractivity contribution in [3.05, 3.63) is 24.3 Å². The van der Waals surface area contributed by atoms with E-state index in [0.717, 1.165) is 103 Å². The Kier molecular flexibility index (Phi) is 39.3. The summed E-state index contributed by atoms with van der Waals surface area (Å²) >= 11 is 0. The standard InChI is InChI=1S/C42H82O7/c1-7-11-35-45-41(46-36-12-8-2)33-29-25-21-17-15-19-23-27-31-39(43-5)49-40(44-6)32-28-24-20-16-18-22-26-30-34-42(47-37-13-9-3)48-38-14-10-4/h27-28,31-32,39-42H,7-26,29-30,33-38H2,1-6H3. The Bertz CT molecular complexity index is 610. The fourth-order valence-electron chi connectivity index (χ4n) is 5.33. The minimum atomic E-state index is -0.407. The van der Waals surface area contributed by atoms with Crippen LogP contribution in [0.4, 0.5) is 0 Å². The first-order chi connectivity index (χ1) is 24.1. The van der Waals surface area contributed by atoms with Crippen molar-refractivity contribution in [1.82, 2.24) is 0 Å². The Morgan fingerprint density at radius 3 is 1.00 bits per heavy atom. The second kappa shape index (κ2) is 40.0. The van der Waals surface area contributed by atoms with Gasteiger partial charge in [0, 0.05) is 40.6 Å². The first-order valence-corrected chi connectivity index (χ1v) is 20.7. The molecule has 0 saturated heterocycles. The molecule has 0 bridgehead atoms. The molecule has 0 aliphatic carbocycles. The molecule has 0 aliphatic heterocycles. The smallest absolute Gasteiger partial charge is 0.179 e. The van der Waals surface area contributed by atoms with Crippen LogP contribution in [0, 0.1) is 0 Å². The average molecular weight is 699 g/mol.